The first kappa shape index (κ1) is 12.7. The van der Waals surface area contributed by atoms with Gasteiger partial charge in [0.1, 0.15) is 10.8 Å². The van der Waals surface area contributed by atoms with Crippen LogP contribution in [0.25, 0.3) is 10.6 Å². The minimum absolute atomic E-state index is 0.233. The number of aromatic nitrogens is 1. The molecule has 5 heteroatoms. The Balaban J connectivity index is 2.40. The molecule has 1 atom stereocenters. The Morgan fingerprint density at radius 2 is 2.24 bits per heavy atom. The SMILES string of the molecule is CNC(C)c1cnc(-c2cc(Br)ccc2F)s1. The molecule has 0 aliphatic carbocycles. The molecule has 0 bridgehead atoms. The van der Waals surface area contributed by atoms with Gasteiger partial charge in [-0.2, -0.15) is 0 Å². The Labute approximate surface area is 112 Å². The van der Waals surface area contributed by atoms with Crippen molar-refractivity contribution in [1.29, 1.82) is 0 Å². The molecule has 0 amide bonds. The highest BCUT2D eigenvalue weighted by molar-refractivity contribution is 9.10. The summed E-state index contributed by atoms with van der Waals surface area (Å²) in [7, 11) is 1.89. The van der Waals surface area contributed by atoms with Gasteiger partial charge in [0, 0.05) is 27.2 Å². The number of hydrogen-bond acceptors (Lipinski definition) is 3. The number of nitrogens with zero attached hydrogens (tertiary/aromatic N) is 1. The Kier molecular flexibility index (Phi) is 3.91. The van der Waals surface area contributed by atoms with Gasteiger partial charge in [0.15, 0.2) is 0 Å². The molecule has 1 aromatic carbocycles. The lowest BCUT2D eigenvalue weighted by molar-refractivity contribution is 0.631. The molecule has 2 aromatic rings. The average molecular weight is 315 g/mol. The zero-order chi connectivity index (χ0) is 12.4. The van der Waals surface area contributed by atoms with Crippen LogP contribution in [-0.4, -0.2) is 12.0 Å². The molecule has 90 valence electrons. The van der Waals surface area contributed by atoms with Gasteiger partial charge in [0.05, 0.1) is 0 Å². The van der Waals surface area contributed by atoms with Crippen LogP contribution in [0.4, 0.5) is 4.39 Å². The van der Waals surface area contributed by atoms with Gasteiger partial charge in [0.2, 0.25) is 0 Å². The van der Waals surface area contributed by atoms with E-state index in [4.69, 9.17) is 0 Å². The monoisotopic (exact) mass is 314 g/mol. The van der Waals surface area contributed by atoms with E-state index in [-0.39, 0.29) is 11.9 Å². The molecule has 1 unspecified atom stereocenters. The van der Waals surface area contributed by atoms with Crippen LogP contribution in [0.1, 0.15) is 17.8 Å². The number of thiazole rings is 1. The van der Waals surface area contributed by atoms with E-state index in [9.17, 15) is 4.39 Å². The zero-order valence-electron chi connectivity index (χ0n) is 9.50. The van der Waals surface area contributed by atoms with Gasteiger partial charge in [-0.05, 0) is 32.2 Å². The molecule has 1 N–H and O–H groups in total. The van der Waals surface area contributed by atoms with Crippen molar-refractivity contribution in [3.8, 4) is 10.6 Å². The van der Waals surface area contributed by atoms with E-state index in [0.717, 1.165) is 9.35 Å². The average Bonchev–Trinajstić information content (AvgIpc) is 2.80. The maximum Gasteiger partial charge on any atom is 0.133 e. The third-order valence-electron chi connectivity index (χ3n) is 2.54. The molecule has 0 spiro atoms. The highest BCUT2D eigenvalue weighted by atomic mass is 79.9. The van der Waals surface area contributed by atoms with Crippen molar-refractivity contribution in [3.63, 3.8) is 0 Å². The smallest absolute Gasteiger partial charge is 0.133 e. The topological polar surface area (TPSA) is 24.9 Å². The summed E-state index contributed by atoms with van der Waals surface area (Å²) in [5.41, 5.74) is 0.541. The van der Waals surface area contributed by atoms with E-state index >= 15 is 0 Å². The van der Waals surface area contributed by atoms with Gasteiger partial charge in [-0.1, -0.05) is 15.9 Å². The van der Waals surface area contributed by atoms with Crippen molar-refractivity contribution < 1.29 is 4.39 Å². The van der Waals surface area contributed by atoms with Crippen LogP contribution in [0.2, 0.25) is 0 Å². The van der Waals surface area contributed by atoms with Crippen LogP contribution in [0, 0.1) is 5.82 Å². The van der Waals surface area contributed by atoms with Crippen LogP contribution in [-0.2, 0) is 0 Å². The maximum absolute atomic E-state index is 13.7. The van der Waals surface area contributed by atoms with Crippen molar-refractivity contribution in [3.05, 3.63) is 39.6 Å². The second kappa shape index (κ2) is 5.25. The summed E-state index contributed by atoms with van der Waals surface area (Å²) in [6.07, 6.45) is 1.79. The van der Waals surface area contributed by atoms with Gasteiger partial charge in [-0.25, -0.2) is 9.37 Å². The number of hydrogen-bond donors (Lipinski definition) is 1. The van der Waals surface area contributed by atoms with Crippen molar-refractivity contribution in [2.24, 2.45) is 0 Å². The highest BCUT2D eigenvalue weighted by Gasteiger charge is 2.12. The number of halogens is 2. The van der Waals surface area contributed by atoms with Crippen molar-refractivity contribution in [2.75, 3.05) is 7.05 Å². The van der Waals surface area contributed by atoms with Gasteiger partial charge >= 0.3 is 0 Å². The maximum atomic E-state index is 13.7. The second-order valence-corrected chi connectivity index (χ2v) is 5.68. The molecule has 0 aliphatic heterocycles. The molecule has 1 heterocycles. The summed E-state index contributed by atoms with van der Waals surface area (Å²) in [5, 5.41) is 3.85. The lowest BCUT2D eigenvalue weighted by atomic mass is 10.2. The van der Waals surface area contributed by atoms with Crippen LogP contribution in [0.15, 0.2) is 28.9 Å². The molecule has 2 rings (SSSR count). The molecule has 0 aliphatic rings. The van der Waals surface area contributed by atoms with E-state index in [0.29, 0.717) is 10.6 Å². The summed E-state index contributed by atoms with van der Waals surface area (Å²) in [4.78, 5) is 5.37. The van der Waals surface area contributed by atoms with Gasteiger partial charge in [0.25, 0.3) is 0 Å². The Bertz CT molecular complexity index is 527. The van der Waals surface area contributed by atoms with Crippen molar-refractivity contribution in [1.82, 2.24) is 10.3 Å². The van der Waals surface area contributed by atoms with E-state index in [2.05, 4.69) is 33.2 Å². The number of benzene rings is 1. The number of rotatable bonds is 3. The standard InChI is InChI=1S/C12H12BrFN2S/c1-7(15-2)11-6-16-12(17-11)9-5-8(13)3-4-10(9)14/h3-7,15H,1-2H3. The third-order valence-corrected chi connectivity index (χ3v) is 4.25. The van der Waals surface area contributed by atoms with E-state index < -0.39 is 0 Å². The Hall–Kier alpha value is -0.780. The third kappa shape index (κ3) is 2.73. The molecule has 0 fully saturated rings. The van der Waals surface area contributed by atoms with Crippen LogP contribution < -0.4 is 5.32 Å². The van der Waals surface area contributed by atoms with Crippen molar-refractivity contribution >= 4 is 27.3 Å². The quantitative estimate of drug-likeness (QED) is 0.926. The molecule has 17 heavy (non-hydrogen) atoms. The highest BCUT2D eigenvalue weighted by Crippen LogP contribution is 2.31. The molecule has 0 saturated heterocycles. The van der Waals surface area contributed by atoms with Gasteiger partial charge < -0.3 is 5.32 Å². The molecule has 1 aromatic heterocycles. The summed E-state index contributed by atoms with van der Waals surface area (Å²) in [5.74, 6) is -0.244. The molecule has 0 saturated carbocycles. The van der Waals surface area contributed by atoms with Crippen LogP contribution >= 0.6 is 27.3 Å². The molecular formula is C12H12BrFN2S. The normalized spacial score (nSPS) is 12.7. The van der Waals surface area contributed by atoms with Gasteiger partial charge in [-0.15, -0.1) is 11.3 Å². The van der Waals surface area contributed by atoms with E-state index in [1.165, 1.54) is 17.4 Å². The zero-order valence-corrected chi connectivity index (χ0v) is 11.9. The lowest BCUT2D eigenvalue weighted by Crippen LogP contribution is -2.10. The number of nitrogens with one attached hydrogen (secondary N) is 1. The minimum Gasteiger partial charge on any atom is -0.312 e. The predicted octanol–water partition coefficient (Wildman–Crippen LogP) is 3.99. The lowest BCUT2D eigenvalue weighted by Gasteiger charge is -2.05. The van der Waals surface area contributed by atoms with Crippen molar-refractivity contribution in [2.45, 2.75) is 13.0 Å². The first-order valence-electron chi connectivity index (χ1n) is 5.20. The van der Waals surface area contributed by atoms with Crippen LogP contribution in [0.3, 0.4) is 0 Å². The Morgan fingerprint density at radius 3 is 2.94 bits per heavy atom. The molecule has 0 radical (unpaired) electrons. The molecular weight excluding hydrogens is 303 g/mol. The summed E-state index contributed by atoms with van der Waals surface area (Å²) in [6.45, 7) is 2.05. The fourth-order valence-electron chi connectivity index (χ4n) is 1.41. The fourth-order valence-corrected chi connectivity index (χ4v) is 2.77. The largest absolute Gasteiger partial charge is 0.312 e. The predicted molar refractivity (Wildman–Crippen MR) is 72.7 cm³/mol. The van der Waals surface area contributed by atoms with Crippen LogP contribution in [0.5, 0.6) is 0 Å². The minimum atomic E-state index is -0.244. The Morgan fingerprint density at radius 1 is 1.47 bits per heavy atom. The first-order chi connectivity index (χ1) is 8.11. The summed E-state index contributed by atoms with van der Waals surface area (Å²) < 4.78 is 14.5. The first-order valence-corrected chi connectivity index (χ1v) is 6.81. The van der Waals surface area contributed by atoms with E-state index in [1.807, 2.05) is 7.05 Å². The fraction of sp³-hybridized carbons (Fsp3) is 0.250. The molecule has 2 nitrogen and oxygen atoms in total. The summed E-state index contributed by atoms with van der Waals surface area (Å²) in [6, 6.07) is 5.12. The van der Waals surface area contributed by atoms with E-state index in [1.54, 1.807) is 18.3 Å². The van der Waals surface area contributed by atoms with Gasteiger partial charge in [-0.3, -0.25) is 0 Å². The summed E-state index contributed by atoms with van der Waals surface area (Å²) >= 11 is 4.85. The second-order valence-electron chi connectivity index (χ2n) is 3.70.